The van der Waals surface area contributed by atoms with Crippen LogP contribution in [-0.4, -0.2) is 22.9 Å². The molecule has 1 heterocycles. The minimum Gasteiger partial charge on any atom is -0.481 e. The van der Waals surface area contributed by atoms with Crippen molar-refractivity contribution in [3.63, 3.8) is 0 Å². The molecule has 2 atom stereocenters. The summed E-state index contributed by atoms with van der Waals surface area (Å²) in [5.41, 5.74) is 1.07. The van der Waals surface area contributed by atoms with Crippen LogP contribution in [0.1, 0.15) is 31.9 Å². The van der Waals surface area contributed by atoms with Crippen LogP contribution in [0.3, 0.4) is 0 Å². The lowest BCUT2D eigenvalue weighted by molar-refractivity contribution is -0.141. The van der Waals surface area contributed by atoms with E-state index in [0.717, 1.165) is 15.5 Å². The lowest BCUT2D eigenvalue weighted by Gasteiger charge is -2.13. The van der Waals surface area contributed by atoms with E-state index in [0.29, 0.717) is 18.2 Å². The van der Waals surface area contributed by atoms with Gasteiger partial charge in [-0.05, 0) is 24.1 Å². The number of carboxylic acids is 1. The molecular weight excluding hydrogens is 282 g/mol. The van der Waals surface area contributed by atoms with Crippen LogP contribution in [-0.2, 0) is 4.79 Å². The number of carboxylic acid groups (broad SMARTS) is 1. The molecule has 1 aromatic rings. The minimum absolute atomic E-state index is 0.0942. The first kappa shape index (κ1) is 14.7. The van der Waals surface area contributed by atoms with Gasteiger partial charge in [-0.15, -0.1) is 11.8 Å². The molecule has 19 heavy (non-hydrogen) atoms. The maximum Gasteiger partial charge on any atom is 0.307 e. The van der Waals surface area contributed by atoms with E-state index in [2.05, 4.69) is 19.2 Å². The quantitative estimate of drug-likeness (QED) is 0.835. The van der Waals surface area contributed by atoms with Crippen LogP contribution in [0.2, 0.25) is 5.02 Å². The molecule has 1 saturated heterocycles. The number of rotatable bonds is 4. The number of hydrogen-bond acceptors (Lipinski definition) is 3. The largest absolute Gasteiger partial charge is 0.481 e. The highest BCUT2D eigenvalue weighted by Crippen LogP contribution is 2.34. The molecule has 1 aliphatic rings. The van der Waals surface area contributed by atoms with Gasteiger partial charge in [-0.25, -0.2) is 0 Å². The van der Waals surface area contributed by atoms with Crippen molar-refractivity contribution in [3.8, 4) is 0 Å². The Balaban J connectivity index is 2.10. The maximum atomic E-state index is 11.0. The van der Waals surface area contributed by atoms with Gasteiger partial charge in [0.25, 0.3) is 0 Å². The molecule has 0 radical (unpaired) electrons. The van der Waals surface area contributed by atoms with E-state index in [1.807, 2.05) is 18.2 Å². The Hall–Kier alpha value is -0.710. The second-order valence-electron chi connectivity index (χ2n) is 5.09. The zero-order valence-electron chi connectivity index (χ0n) is 11.0. The molecule has 2 N–H and O–H groups in total. The van der Waals surface area contributed by atoms with E-state index < -0.39 is 5.97 Å². The highest BCUT2D eigenvalue weighted by atomic mass is 35.5. The Morgan fingerprint density at radius 3 is 2.79 bits per heavy atom. The van der Waals surface area contributed by atoms with Gasteiger partial charge in [0.05, 0.1) is 10.9 Å². The molecule has 0 aromatic heterocycles. The van der Waals surface area contributed by atoms with E-state index >= 15 is 0 Å². The molecular formula is C14H18ClNO2S. The van der Waals surface area contributed by atoms with Gasteiger partial charge in [-0.1, -0.05) is 31.5 Å². The van der Waals surface area contributed by atoms with Crippen molar-refractivity contribution in [1.82, 2.24) is 5.32 Å². The smallest absolute Gasteiger partial charge is 0.307 e. The van der Waals surface area contributed by atoms with Crippen LogP contribution in [0.15, 0.2) is 23.1 Å². The molecule has 2 unspecified atom stereocenters. The first-order valence-electron chi connectivity index (χ1n) is 6.39. The Labute approximate surface area is 122 Å². The molecule has 0 aliphatic carbocycles. The van der Waals surface area contributed by atoms with Gasteiger partial charge in [0.1, 0.15) is 0 Å². The number of aliphatic carboxylic acids is 1. The molecule has 0 saturated carbocycles. The molecule has 1 aliphatic heterocycles. The van der Waals surface area contributed by atoms with Gasteiger partial charge in [-0.2, -0.15) is 0 Å². The Morgan fingerprint density at radius 1 is 1.53 bits per heavy atom. The number of hydrogen-bond donors (Lipinski definition) is 2. The van der Waals surface area contributed by atoms with Crippen molar-refractivity contribution in [2.24, 2.45) is 5.92 Å². The monoisotopic (exact) mass is 299 g/mol. The number of nitrogens with one attached hydrogen (secondary N) is 1. The third-order valence-corrected chi connectivity index (χ3v) is 4.71. The van der Waals surface area contributed by atoms with E-state index in [1.54, 1.807) is 11.8 Å². The van der Waals surface area contributed by atoms with Crippen LogP contribution in [0, 0.1) is 5.92 Å². The lowest BCUT2D eigenvalue weighted by Crippen LogP contribution is -2.17. The highest BCUT2D eigenvalue weighted by Gasteiger charge is 2.30. The van der Waals surface area contributed by atoms with Crippen molar-refractivity contribution in [3.05, 3.63) is 28.8 Å². The molecule has 2 rings (SSSR count). The second kappa shape index (κ2) is 6.16. The summed E-state index contributed by atoms with van der Waals surface area (Å²) in [6.45, 7) is 4.79. The lowest BCUT2D eigenvalue weighted by atomic mass is 10.0. The van der Waals surface area contributed by atoms with Crippen LogP contribution in [0.25, 0.3) is 0 Å². The first-order chi connectivity index (χ1) is 8.97. The van der Waals surface area contributed by atoms with Gasteiger partial charge in [-0.3, -0.25) is 4.79 Å². The fourth-order valence-corrected chi connectivity index (χ4v) is 3.41. The zero-order valence-corrected chi connectivity index (χ0v) is 12.6. The fraction of sp³-hybridized carbons (Fsp3) is 0.500. The Bertz CT molecular complexity index is 479. The van der Waals surface area contributed by atoms with Crippen molar-refractivity contribution < 1.29 is 9.90 Å². The predicted molar refractivity (Wildman–Crippen MR) is 78.9 cm³/mol. The summed E-state index contributed by atoms with van der Waals surface area (Å²) in [4.78, 5) is 12.0. The molecule has 0 bridgehead atoms. The van der Waals surface area contributed by atoms with E-state index in [9.17, 15) is 4.79 Å². The number of thioether (sulfide) groups is 1. The topological polar surface area (TPSA) is 49.3 Å². The summed E-state index contributed by atoms with van der Waals surface area (Å²) in [6.07, 6.45) is 0.627. The van der Waals surface area contributed by atoms with Crippen LogP contribution in [0.4, 0.5) is 0 Å². The average molecular weight is 300 g/mol. The molecule has 104 valence electrons. The highest BCUT2D eigenvalue weighted by molar-refractivity contribution is 8.00. The van der Waals surface area contributed by atoms with E-state index in [4.69, 9.17) is 16.7 Å². The standard InChI is InChI=1S/C14H18ClNO2S/c1-8(2)19-13-4-3-9(5-11(13)15)12-6-10(7-16-12)14(17)18/h3-5,8,10,12,16H,6-7H2,1-2H3,(H,17,18). The van der Waals surface area contributed by atoms with Crippen molar-refractivity contribution in [2.75, 3.05) is 6.54 Å². The van der Waals surface area contributed by atoms with Crippen LogP contribution >= 0.6 is 23.4 Å². The summed E-state index contributed by atoms with van der Waals surface area (Å²) in [5.74, 6) is -1.03. The number of benzene rings is 1. The second-order valence-corrected chi connectivity index (χ2v) is 7.11. The molecule has 0 spiro atoms. The van der Waals surface area contributed by atoms with Gasteiger partial charge >= 0.3 is 5.97 Å². The minimum atomic E-state index is -0.729. The van der Waals surface area contributed by atoms with Crippen LogP contribution in [0.5, 0.6) is 0 Å². The maximum absolute atomic E-state index is 11.0. The summed E-state index contributed by atoms with van der Waals surface area (Å²) >= 11 is 8.02. The van der Waals surface area contributed by atoms with Gasteiger partial charge in [0.15, 0.2) is 0 Å². The number of carbonyl (C=O) groups is 1. The summed E-state index contributed by atoms with van der Waals surface area (Å²) in [5, 5.41) is 13.5. The van der Waals surface area contributed by atoms with Gasteiger partial charge in [0.2, 0.25) is 0 Å². The third kappa shape index (κ3) is 3.65. The van der Waals surface area contributed by atoms with Crippen molar-refractivity contribution in [2.45, 2.75) is 36.5 Å². The molecule has 3 nitrogen and oxygen atoms in total. The van der Waals surface area contributed by atoms with Gasteiger partial charge in [0, 0.05) is 22.7 Å². The summed E-state index contributed by atoms with van der Waals surface area (Å²) < 4.78 is 0. The molecule has 1 aromatic carbocycles. The number of halogens is 1. The SMILES string of the molecule is CC(C)Sc1ccc(C2CC(C(=O)O)CN2)cc1Cl. The zero-order chi connectivity index (χ0) is 14.0. The summed E-state index contributed by atoms with van der Waals surface area (Å²) in [7, 11) is 0. The Kier molecular flexibility index (Phi) is 4.76. The third-order valence-electron chi connectivity index (χ3n) is 3.20. The Morgan fingerprint density at radius 2 is 2.26 bits per heavy atom. The fourth-order valence-electron chi connectivity index (χ4n) is 2.26. The van der Waals surface area contributed by atoms with Crippen LogP contribution < -0.4 is 5.32 Å². The predicted octanol–water partition coefficient (Wildman–Crippen LogP) is 3.58. The van der Waals surface area contributed by atoms with E-state index in [-0.39, 0.29) is 12.0 Å². The van der Waals surface area contributed by atoms with Crippen molar-refractivity contribution >= 4 is 29.3 Å². The van der Waals surface area contributed by atoms with E-state index in [1.165, 1.54) is 0 Å². The average Bonchev–Trinajstić information content (AvgIpc) is 2.80. The molecule has 5 heteroatoms. The molecule has 1 fully saturated rings. The first-order valence-corrected chi connectivity index (χ1v) is 7.65. The molecule has 0 amide bonds. The van der Waals surface area contributed by atoms with Gasteiger partial charge < -0.3 is 10.4 Å². The summed E-state index contributed by atoms with van der Waals surface area (Å²) in [6, 6.07) is 6.11. The normalized spacial score (nSPS) is 22.9. The van der Waals surface area contributed by atoms with Crippen molar-refractivity contribution in [1.29, 1.82) is 0 Å².